The molecular formula is C15H15NO10. The summed E-state index contributed by atoms with van der Waals surface area (Å²) in [7, 11) is 0. The van der Waals surface area contributed by atoms with Gasteiger partial charge in [0.1, 0.15) is 0 Å². The Bertz CT molecular complexity index is 754. The molecule has 140 valence electrons. The maximum Gasteiger partial charge on any atom is 0.316 e. The third kappa shape index (κ3) is 5.85. The molecule has 0 aliphatic heterocycles. The highest BCUT2D eigenvalue weighted by Gasteiger charge is 2.29. The van der Waals surface area contributed by atoms with E-state index in [9.17, 15) is 29.3 Å². The van der Waals surface area contributed by atoms with E-state index in [2.05, 4.69) is 0 Å². The SMILES string of the molecule is CC(=O)Oc1cc(C(OC(C)=O)OC(C)=O)cc([N+](=O)[O-])c1OC(C)=O. The summed E-state index contributed by atoms with van der Waals surface area (Å²) in [4.78, 5) is 55.3. The third-order valence-corrected chi connectivity index (χ3v) is 2.57. The number of hydrogen-bond donors (Lipinski definition) is 0. The first-order chi connectivity index (χ1) is 12.0. The minimum absolute atomic E-state index is 0.186. The molecule has 1 aromatic rings. The zero-order valence-corrected chi connectivity index (χ0v) is 14.3. The summed E-state index contributed by atoms with van der Waals surface area (Å²) in [6.07, 6.45) is -1.63. The zero-order valence-electron chi connectivity index (χ0n) is 14.3. The second-order valence-corrected chi connectivity index (χ2v) is 4.86. The molecule has 0 bridgehead atoms. The molecule has 0 amide bonds. The van der Waals surface area contributed by atoms with Crippen molar-refractivity contribution in [1.82, 2.24) is 0 Å². The van der Waals surface area contributed by atoms with Crippen LogP contribution in [0.25, 0.3) is 0 Å². The molecule has 26 heavy (non-hydrogen) atoms. The molecule has 11 heteroatoms. The summed E-state index contributed by atoms with van der Waals surface area (Å²) in [6.45, 7) is 4.08. The van der Waals surface area contributed by atoms with Crippen LogP contribution in [-0.4, -0.2) is 28.8 Å². The Hall–Kier alpha value is -3.50. The summed E-state index contributed by atoms with van der Waals surface area (Å²) in [6, 6.07) is 1.88. The average molecular weight is 369 g/mol. The van der Waals surface area contributed by atoms with Crippen molar-refractivity contribution < 1.29 is 43.0 Å². The van der Waals surface area contributed by atoms with Gasteiger partial charge in [0.05, 0.1) is 4.92 Å². The Morgan fingerprint density at radius 1 is 0.885 bits per heavy atom. The molecule has 0 saturated heterocycles. The number of nitro benzene ring substituents is 1. The number of hydrogen-bond acceptors (Lipinski definition) is 10. The Morgan fingerprint density at radius 2 is 1.38 bits per heavy atom. The summed E-state index contributed by atoms with van der Waals surface area (Å²) < 4.78 is 19.2. The van der Waals surface area contributed by atoms with Crippen molar-refractivity contribution in [3.05, 3.63) is 27.8 Å². The van der Waals surface area contributed by atoms with Crippen molar-refractivity contribution in [1.29, 1.82) is 0 Å². The maximum atomic E-state index is 11.3. The van der Waals surface area contributed by atoms with Crippen LogP contribution >= 0.6 is 0 Å². The van der Waals surface area contributed by atoms with Gasteiger partial charge < -0.3 is 18.9 Å². The van der Waals surface area contributed by atoms with Crippen LogP contribution in [-0.2, 0) is 28.7 Å². The van der Waals surface area contributed by atoms with Crippen molar-refractivity contribution in [2.45, 2.75) is 34.0 Å². The van der Waals surface area contributed by atoms with Crippen LogP contribution in [0, 0.1) is 10.1 Å². The molecule has 0 aromatic heterocycles. The number of nitro groups is 1. The standard InChI is InChI=1S/C15H15NO10/c1-7(17)23-13-6-11(15(25-9(3)19)26-10(4)20)5-12(16(21)22)14(13)24-8(2)18/h5-6,15H,1-4H3. The Labute approximate surface area is 146 Å². The topological polar surface area (TPSA) is 148 Å². The molecule has 1 rings (SSSR count). The minimum Gasteiger partial charge on any atom is -0.422 e. The van der Waals surface area contributed by atoms with Gasteiger partial charge in [0.2, 0.25) is 0 Å². The van der Waals surface area contributed by atoms with Crippen LogP contribution in [0.2, 0.25) is 0 Å². The van der Waals surface area contributed by atoms with Gasteiger partial charge in [0.15, 0.2) is 5.75 Å². The van der Waals surface area contributed by atoms with Crippen LogP contribution in [0.15, 0.2) is 12.1 Å². The first-order valence-electron chi connectivity index (χ1n) is 7.04. The maximum absolute atomic E-state index is 11.3. The fourth-order valence-electron chi connectivity index (χ4n) is 1.82. The molecule has 0 N–H and O–H groups in total. The predicted molar refractivity (Wildman–Crippen MR) is 82.0 cm³/mol. The summed E-state index contributed by atoms with van der Waals surface area (Å²) in [5.41, 5.74) is -0.951. The number of rotatable bonds is 6. The first kappa shape index (κ1) is 20.5. The zero-order chi connectivity index (χ0) is 20.0. The molecule has 0 spiro atoms. The van der Waals surface area contributed by atoms with Crippen molar-refractivity contribution in [3.8, 4) is 11.5 Å². The molecule has 0 aliphatic rings. The normalized spacial score (nSPS) is 10.0. The highest BCUT2D eigenvalue weighted by atomic mass is 16.7. The van der Waals surface area contributed by atoms with E-state index >= 15 is 0 Å². The summed E-state index contributed by atoms with van der Waals surface area (Å²) in [5, 5.41) is 11.3. The fraction of sp³-hybridized carbons (Fsp3) is 0.333. The largest absolute Gasteiger partial charge is 0.422 e. The van der Waals surface area contributed by atoms with Crippen LogP contribution in [0.3, 0.4) is 0 Å². The van der Waals surface area contributed by atoms with E-state index in [1.165, 1.54) is 0 Å². The number of esters is 4. The van der Waals surface area contributed by atoms with Gasteiger partial charge in [0, 0.05) is 39.3 Å². The first-order valence-corrected chi connectivity index (χ1v) is 7.04. The lowest BCUT2D eigenvalue weighted by molar-refractivity contribution is -0.385. The third-order valence-electron chi connectivity index (χ3n) is 2.57. The number of carbonyl (C=O) groups is 4. The number of nitrogens with zero attached hydrogens (tertiary/aromatic N) is 1. The van der Waals surface area contributed by atoms with Crippen LogP contribution in [0.1, 0.15) is 39.5 Å². The predicted octanol–water partition coefficient (Wildman–Crippen LogP) is 1.57. The lowest BCUT2D eigenvalue weighted by Gasteiger charge is -2.18. The van der Waals surface area contributed by atoms with E-state index in [0.717, 1.165) is 39.8 Å². The molecule has 0 fully saturated rings. The lowest BCUT2D eigenvalue weighted by atomic mass is 10.1. The van der Waals surface area contributed by atoms with Gasteiger partial charge in [-0.05, 0) is 6.07 Å². The second kappa shape index (κ2) is 8.55. The highest BCUT2D eigenvalue weighted by molar-refractivity contribution is 5.77. The van der Waals surface area contributed by atoms with Crippen LogP contribution in [0.4, 0.5) is 5.69 Å². The lowest BCUT2D eigenvalue weighted by Crippen LogP contribution is -2.16. The van der Waals surface area contributed by atoms with Crippen molar-refractivity contribution in [3.63, 3.8) is 0 Å². The Balaban J connectivity index is 3.61. The van der Waals surface area contributed by atoms with E-state index in [-0.39, 0.29) is 5.56 Å². The molecule has 0 heterocycles. The van der Waals surface area contributed by atoms with E-state index < -0.39 is 52.3 Å². The molecular weight excluding hydrogens is 354 g/mol. The van der Waals surface area contributed by atoms with Crippen molar-refractivity contribution >= 4 is 29.6 Å². The molecule has 0 unspecified atom stereocenters. The Morgan fingerprint density at radius 3 is 1.77 bits per heavy atom. The Kier molecular flexibility index (Phi) is 6.76. The van der Waals surface area contributed by atoms with E-state index in [1.54, 1.807) is 0 Å². The molecule has 0 saturated carbocycles. The molecule has 0 atom stereocenters. The quantitative estimate of drug-likeness (QED) is 0.238. The van der Waals surface area contributed by atoms with E-state index in [4.69, 9.17) is 18.9 Å². The number of carbonyl (C=O) groups excluding carboxylic acids is 4. The van der Waals surface area contributed by atoms with Gasteiger partial charge in [-0.25, -0.2) is 0 Å². The summed E-state index contributed by atoms with van der Waals surface area (Å²) in [5.74, 6) is -4.53. The van der Waals surface area contributed by atoms with Gasteiger partial charge in [-0.2, -0.15) is 0 Å². The van der Waals surface area contributed by atoms with Crippen LogP contribution < -0.4 is 9.47 Å². The molecule has 1 aromatic carbocycles. The number of benzene rings is 1. The molecule has 11 nitrogen and oxygen atoms in total. The summed E-state index contributed by atoms with van der Waals surface area (Å²) >= 11 is 0. The van der Waals surface area contributed by atoms with Crippen molar-refractivity contribution in [2.75, 3.05) is 0 Å². The van der Waals surface area contributed by atoms with Gasteiger partial charge in [-0.15, -0.1) is 0 Å². The van der Waals surface area contributed by atoms with Crippen LogP contribution in [0.5, 0.6) is 11.5 Å². The molecule has 0 aliphatic carbocycles. The average Bonchev–Trinajstić information content (AvgIpc) is 2.45. The minimum atomic E-state index is -1.63. The van der Waals surface area contributed by atoms with Crippen molar-refractivity contribution in [2.24, 2.45) is 0 Å². The van der Waals surface area contributed by atoms with Gasteiger partial charge >= 0.3 is 29.6 Å². The second-order valence-electron chi connectivity index (χ2n) is 4.86. The highest BCUT2D eigenvalue weighted by Crippen LogP contribution is 2.41. The van der Waals surface area contributed by atoms with Gasteiger partial charge in [-0.3, -0.25) is 29.3 Å². The smallest absolute Gasteiger partial charge is 0.316 e. The van der Waals surface area contributed by atoms with E-state index in [1.807, 2.05) is 0 Å². The van der Waals surface area contributed by atoms with E-state index in [0.29, 0.717) is 0 Å². The fourth-order valence-corrected chi connectivity index (χ4v) is 1.82. The number of ether oxygens (including phenoxy) is 4. The van der Waals surface area contributed by atoms with Gasteiger partial charge in [-0.1, -0.05) is 0 Å². The van der Waals surface area contributed by atoms with Gasteiger partial charge in [0.25, 0.3) is 12.0 Å². The monoisotopic (exact) mass is 369 g/mol. The molecule has 0 radical (unpaired) electrons.